The maximum absolute atomic E-state index is 12.2. The van der Waals surface area contributed by atoms with Crippen molar-refractivity contribution >= 4 is 74.8 Å². The number of ether oxygens (including phenoxy) is 2. The first kappa shape index (κ1) is 36.6. The van der Waals surface area contributed by atoms with Crippen LogP contribution < -0.4 is 11.2 Å². The van der Waals surface area contributed by atoms with E-state index >= 15 is 0 Å². The van der Waals surface area contributed by atoms with E-state index in [0.717, 1.165) is 16.8 Å². The molecule has 0 aliphatic carbocycles. The number of hydrogen-bond donors (Lipinski definition) is 9. The fraction of sp³-hybridized carbons (Fsp3) is 0.733. The molecule has 0 bridgehead atoms. The average molecular weight is 612 g/mol. The van der Waals surface area contributed by atoms with Gasteiger partial charge in [-0.2, -0.15) is 4.31 Å². The Kier molecular flexibility index (Phi) is 14.2. The maximum atomic E-state index is 12.2. The molecule has 2 unspecified atom stereocenters. The number of phosphoric acid groups is 2. The summed E-state index contributed by atoms with van der Waals surface area (Å²) in [7, 11) is -11.1. The number of H-pyrrole nitrogens is 1. The number of nitrogens with one attached hydrogen (secondary N) is 1. The van der Waals surface area contributed by atoms with Gasteiger partial charge in [-0.3, -0.25) is 23.4 Å². The molecule has 23 heteroatoms. The second-order valence-corrected chi connectivity index (χ2v) is 10.7. The standard InChI is InChI=1S/C15H24N2O17P2.2Na/c18-3-5-8(20)10(22)12(24)14(32-5)33-36(28,29)34-35(26,27)30-4-6-9(21)11(23)13(31-6)17-2-1-7(19)16-15(17)25;;/h1-2,5-6,8-14,18,20-24H,3-4H2,(H,26,27)(H,28,29)(H,16,19,25);;/t5-,6-,8+,9-,10+,11-,12-,13-,14-;;/m1../s1. The second kappa shape index (κ2) is 14.7. The molecule has 0 aromatic carbocycles. The smallest absolute Gasteiger partial charge is 0.394 e. The average Bonchev–Trinajstić information content (AvgIpc) is 3.06. The first-order valence-corrected chi connectivity index (χ1v) is 13.0. The molecule has 2 aliphatic rings. The van der Waals surface area contributed by atoms with Crippen molar-refractivity contribution in [3.63, 3.8) is 0 Å². The van der Waals surface area contributed by atoms with Crippen LogP contribution in [-0.4, -0.2) is 171 Å². The monoisotopic (exact) mass is 612 g/mol. The molecule has 1 aromatic rings. The van der Waals surface area contributed by atoms with E-state index in [4.69, 9.17) is 14.6 Å². The number of aliphatic hydroxyl groups excluding tert-OH is 6. The SMILES string of the molecule is O=c1ccn([C@@H]2O[C@H](COP(=O)(O)OP(=O)(O)O[C@H]3O[C@H](CO)[C@H](O)[C@H](O)[C@H]3O)[C@@H](O)[C@H]2O)c(=O)[nH]1.[Na].[Na]. The molecule has 2 aliphatic heterocycles. The number of rotatable bonds is 9. The molecule has 38 heavy (non-hydrogen) atoms. The van der Waals surface area contributed by atoms with Crippen LogP contribution in [0, 0.1) is 0 Å². The molecule has 208 valence electrons. The quantitative estimate of drug-likeness (QED) is 0.0928. The second-order valence-electron chi connectivity index (χ2n) is 7.68. The Labute approximate surface area is 256 Å². The fourth-order valence-electron chi connectivity index (χ4n) is 3.35. The Morgan fingerprint density at radius 2 is 1.50 bits per heavy atom. The summed E-state index contributed by atoms with van der Waals surface area (Å²) in [5.74, 6) is 0. The van der Waals surface area contributed by atoms with Gasteiger partial charge < -0.3 is 49.9 Å². The first-order valence-electron chi connectivity index (χ1n) is 9.99. The third-order valence-electron chi connectivity index (χ3n) is 5.16. The van der Waals surface area contributed by atoms with Crippen LogP contribution in [0.3, 0.4) is 0 Å². The van der Waals surface area contributed by atoms with Gasteiger partial charge in [-0.15, -0.1) is 0 Å². The molecular weight excluding hydrogens is 588 g/mol. The summed E-state index contributed by atoms with van der Waals surface area (Å²) < 4.78 is 48.1. The van der Waals surface area contributed by atoms with E-state index < -0.39 is 95.4 Å². The molecule has 2 radical (unpaired) electrons. The number of aromatic nitrogens is 2. The maximum Gasteiger partial charge on any atom is 0.483 e. The first-order chi connectivity index (χ1) is 16.7. The molecule has 2 saturated heterocycles. The van der Waals surface area contributed by atoms with Crippen LogP contribution in [-0.2, 0) is 32.0 Å². The summed E-state index contributed by atoms with van der Waals surface area (Å²) in [5, 5.41) is 58.6. The molecule has 11 atom stereocenters. The Morgan fingerprint density at radius 1 is 0.895 bits per heavy atom. The number of hydrogen-bond acceptors (Lipinski definition) is 15. The van der Waals surface area contributed by atoms with Crippen molar-refractivity contribution in [3.05, 3.63) is 33.1 Å². The van der Waals surface area contributed by atoms with E-state index in [-0.39, 0.29) is 59.1 Å². The predicted octanol–water partition coefficient (Wildman–Crippen LogP) is -5.56. The van der Waals surface area contributed by atoms with Crippen molar-refractivity contribution in [3.8, 4) is 0 Å². The van der Waals surface area contributed by atoms with E-state index in [9.17, 15) is 54.0 Å². The minimum absolute atomic E-state index is 0. The molecule has 0 spiro atoms. The van der Waals surface area contributed by atoms with Crippen LogP contribution in [0.4, 0.5) is 0 Å². The number of nitrogens with zero attached hydrogens (tertiary/aromatic N) is 1. The summed E-state index contributed by atoms with van der Waals surface area (Å²) in [6.07, 6.45) is -15.4. The van der Waals surface area contributed by atoms with Gasteiger partial charge in [0, 0.05) is 71.4 Å². The third-order valence-corrected chi connectivity index (χ3v) is 7.76. The Hall–Kier alpha value is 0.620. The van der Waals surface area contributed by atoms with Crippen LogP contribution in [0.1, 0.15) is 6.23 Å². The van der Waals surface area contributed by atoms with E-state index in [0.29, 0.717) is 0 Å². The summed E-state index contributed by atoms with van der Waals surface area (Å²) in [4.78, 5) is 44.5. The fourth-order valence-corrected chi connectivity index (χ4v) is 5.51. The van der Waals surface area contributed by atoms with Gasteiger partial charge in [0.1, 0.15) is 42.7 Å². The van der Waals surface area contributed by atoms with Crippen molar-refractivity contribution in [2.45, 2.75) is 55.2 Å². The zero-order chi connectivity index (χ0) is 27.0. The van der Waals surface area contributed by atoms with Crippen LogP contribution in [0.5, 0.6) is 0 Å². The van der Waals surface area contributed by atoms with Gasteiger partial charge in [0.25, 0.3) is 5.56 Å². The van der Waals surface area contributed by atoms with E-state index in [1.807, 2.05) is 4.98 Å². The van der Waals surface area contributed by atoms with Crippen molar-refractivity contribution in [2.75, 3.05) is 13.2 Å². The van der Waals surface area contributed by atoms with Crippen molar-refractivity contribution < 1.29 is 72.4 Å². The summed E-state index contributed by atoms with van der Waals surface area (Å²) in [6, 6.07) is 0.928. The zero-order valence-corrected chi connectivity index (χ0v) is 25.6. The molecule has 1 aromatic heterocycles. The van der Waals surface area contributed by atoms with Crippen LogP contribution in [0.25, 0.3) is 0 Å². The van der Waals surface area contributed by atoms with E-state index in [2.05, 4.69) is 13.4 Å². The Balaban J connectivity index is 0.00000361. The Bertz CT molecular complexity index is 1140. The van der Waals surface area contributed by atoms with Crippen molar-refractivity contribution in [1.82, 2.24) is 9.55 Å². The van der Waals surface area contributed by atoms with Gasteiger partial charge in [-0.05, 0) is 0 Å². The minimum Gasteiger partial charge on any atom is -0.394 e. The summed E-state index contributed by atoms with van der Waals surface area (Å²) in [5.41, 5.74) is -1.75. The van der Waals surface area contributed by atoms with E-state index in [1.165, 1.54) is 0 Å². The number of phosphoric ester groups is 2. The molecule has 19 nitrogen and oxygen atoms in total. The Morgan fingerprint density at radius 3 is 2.08 bits per heavy atom. The van der Waals surface area contributed by atoms with Gasteiger partial charge in [0.2, 0.25) is 0 Å². The molecule has 0 amide bonds. The van der Waals surface area contributed by atoms with Crippen molar-refractivity contribution in [2.24, 2.45) is 0 Å². The van der Waals surface area contributed by atoms with E-state index in [1.54, 1.807) is 0 Å². The minimum atomic E-state index is -5.59. The number of aliphatic hydroxyl groups is 6. The molecule has 2 fully saturated rings. The van der Waals surface area contributed by atoms with Gasteiger partial charge >= 0.3 is 21.3 Å². The topological polar surface area (TPSA) is 297 Å². The molecule has 3 heterocycles. The normalized spacial score (nSPS) is 36.4. The van der Waals surface area contributed by atoms with Gasteiger partial charge in [-0.1, -0.05) is 0 Å². The summed E-state index contributed by atoms with van der Waals surface area (Å²) in [6.45, 7) is -1.93. The largest absolute Gasteiger partial charge is 0.483 e. The van der Waals surface area contributed by atoms with Gasteiger partial charge in [0.05, 0.1) is 13.2 Å². The molecule has 3 rings (SSSR count). The van der Waals surface area contributed by atoms with Crippen LogP contribution in [0.2, 0.25) is 0 Å². The van der Waals surface area contributed by atoms with Gasteiger partial charge in [0.15, 0.2) is 12.5 Å². The van der Waals surface area contributed by atoms with Crippen molar-refractivity contribution in [1.29, 1.82) is 0 Å². The number of aromatic amines is 1. The molecule has 0 saturated carbocycles. The van der Waals surface area contributed by atoms with Crippen LogP contribution >= 0.6 is 15.6 Å². The predicted molar refractivity (Wildman–Crippen MR) is 120 cm³/mol. The van der Waals surface area contributed by atoms with Crippen LogP contribution in [0.15, 0.2) is 21.9 Å². The third kappa shape index (κ3) is 8.81. The molecular formula is C15H24N2Na2O17P2. The molecule has 9 N–H and O–H groups in total. The van der Waals surface area contributed by atoms with Gasteiger partial charge in [-0.25, -0.2) is 13.9 Å². The summed E-state index contributed by atoms with van der Waals surface area (Å²) >= 11 is 0. The zero-order valence-electron chi connectivity index (χ0n) is 19.9.